The van der Waals surface area contributed by atoms with Crippen molar-refractivity contribution in [2.75, 3.05) is 5.75 Å². The quantitative estimate of drug-likeness (QED) is 0.729. The average molecular weight is 372 g/mol. The van der Waals surface area contributed by atoms with Gasteiger partial charge >= 0.3 is 0 Å². The molecule has 0 radical (unpaired) electrons. The zero-order valence-electron chi connectivity index (χ0n) is 16.2. The van der Waals surface area contributed by atoms with Gasteiger partial charge in [-0.25, -0.2) is 12.7 Å². The molecule has 1 aliphatic heterocycles. The van der Waals surface area contributed by atoms with Crippen LogP contribution in [0.3, 0.4) is 0 Å². The second kappa shape index (κ2) is 6.69. The van der Waals surface area contributed by atoms with E-state index in [4.69, 9.17) is 0 Å². The smallest absolute Gasteiger partial charge is 0.241 e. The Balaban J connectivity index is 2.34. The summed E-state index contributed by atoms with van der Waals surface area (Å²) < 4.78 is 26.8. The standard InChI is InChI=1S/C19H33NO4S/c1-7-9-10-15(21)13(3)17(22)20-16-11-14(8-2)18(4,5)19(16,6)12-25(20,23)24/h7,13-16,21H,1,8-12H2,2-6H3/t13-,14?,15-,16+,19+/m1/s1. The second-order valence-corrected chi connectivity index (χ2v) is 10.5. The Labute approximate surface area is 152 Å². The van der Waals surface area contributed by atoms with E-state index < -0.39 is 33.4 Å². The van der Waals surface area contributed by atoms with E-state index in [-0.39, 0.29) is 17.2 Å². The maximum atomic E-state index is 13.0. The van der Waals surface area contributed by atoms with Gasteiger partial charge in [-0.2, -0.15) is 0 Å². The van der Waals surface area contributed by atoms with Gasteiger partial charge in [0.25, 0.3) is 0 Å². The molecule has 1 aliphatic carbocycles. The molecule has 1 unspecified atom stereocenters. The normalized spacial score (nSPS) is 35.2. The zero-order chi connectivity index (χ0) is 19.2. The summed E-state index contributed by atoms with van der Waals surface area (Å²) in [5.41, 5.74) is -0.604. The first-order valence-corrected chi connectivity index (χ1v) is 10.9. The van der Waals surface area contributed by atoms with Gasteiger partial charge in [0.1, 0.15) is 0 Å². The molecule has 0 aromatic heterocycles. The number of sulfonamides is 1. The molecule has 2 aliphatic rings. The van der Waals surface area contributed by atoms with Crippen molar-refractivity contribution in [1.29, 1.82) is 0 Å². The van der Waals surface area contributed by atoms with Crippen LogP contribution in [0.2, 0.25) is 0 Å². The van der Waals surface area contributed by atoms with E-state index in [1.807, 2.05) is 6.92 Å². The van der Waals surface area contributed by atoms with Crippen molar-refractivity contribution in [3.8, 4) is 0 Å². The minimum Gasteiger partial charge on any atom is -0.392 e. The highest BCUT2D eigenvalue weighted by Crippen LogP contribution is 2.62. The van der Waals surface area contributed by atoms with Crippen molar-refractivity contribution in [2.24, 2.45) is 22.7 Å². The number of rotatable bonds is 6. The van der Waals surface area contributed by atoms with Crippen LogP contribution in [-0.4, -0.2) is 41.6 Å². The van der Waals surface area contributed by atoms with Gasteiger partial charge in [-0.15, -0.1) is 6.58 Å². The molecule has 5 nitrogen and oxygen atoms in total. The first kappa shape index (κ1) is 20.4. The SMILES string of the molecule is C=CCC[C@@H](O)[C@@H](C)C(=O)N1[C@H]2CC(CC)C(C)(C)[C@@]2(C)CS1(=O)=O. The van der Waals surface area contributed by atoms with Crippen molar-refractivity contribution in [2.45, 2.75) is 72.4 Å². The average Bonchev–Trinajstić information content (AvgIpc) is 2.85. The third kappa shape index (κ3) is 3.05. The minimum absolute atomic E-state index is 0.00931. The minimum atomic E-state index is -3.65. The molecule has 5 atom stereocenters. The van der Waals surface area contributed by atoms with Gasteiger partial charge in [0.2, 0.25) is 15.9 Å². The van der Waals surface area contributed by atoms with E-state index in [0.29, 0.717) is 25.2 Å². The third-order valence-corrected chi connectivity index (χ3v) is 9.14. The fourth-order valence-electron chi connectivity index (χ4n) is 4.87. The Morgan fingerprint density at radius 2 is 2.00 bits per heavy atom. The molecule has 2 fully saturated rings. The molecule has 1 saturated heterocycles. The molecule has 0 spiro atoms. The van der Waals surface area contributed by atoms with Crippen molar-refractivity contribution < 1.29 is 18.3 Å². The molecule has 6 heteroatoms. The largest absolute Gasteiger partial charge is 0.392 e. The summed E-state index contributed by atoms with van der Waals surface area (Å²) in [6.07, 6.45) is 3.52. The van der Waals surface area contributed by atoms with Crippen molar-refractivity contribution in [3.63, 3.8) is 0 Å². The lowest BCUT2D eigenvalue weighted by atomic mass is 9.65. The zero-order valence-corrected chi connectivity index (χ0v) is 17.0. The van der Waals surface area contributed by atoms with Crippen LogP contribution in [-0.2, 0) is 14.8 Å². The number of carbonyl (C=O) groups is 1. The fourth-order valence-corrected chi connectivity index (χ4v) is 7.48. The molecule has 1 saturated carbocycles. The molecule has 1 amide bonds. The summed E-state index contributed by atoms with van der Waals surface area (Å²) in [4.78, 5) is 13.0. The van der Waals surface area contributed by atoms with E-state index in [1.54, 1.807) is 13.0 Å². The van der Waals surface area contributed by atoms with E-state index in [0.717, 1.165) is 10.7 Å². The molecule has 0 aromatic rings. The summed E-state index contributed by atoms with van der Waals surface area (Å²) in [5, 5.41) is 10.3. The second-order valence-electron chi connectivity index (χ2n) is 8.61. The maximum absolute atomic E-state index is 13.0. The Kier molecular flexibility index (Phi) is 5.47. The first-order chi connectivity index (χ1) is 11.4. The van der Waals surface area contributed by atoms with Gasteiger partial charge in [-0.3, -0.25) is 4.79 Å². The third-order valence-electron chi connectivity index (χ3n) is 7.14. The molecular weight excluding hydrogens is 338 g/mol. The summed E-state index contributed by atoms with van der Waals surface area (Å²) in [6.45, 7) is 13.6. The Hall–Kier alpha value is -0.880. The van der Waals surface area contributed by atoms with Gasteiger partial charge in [-0.05, 0) is 30.6 Å². The maximum Gasteiger partial charge on any atom is 0.241 e. The summed E-state index contributed by atoms with van der Waals surface area (Å²) in [5.74, 6) is -0.803. The van der Waals surface area contributed by atoms with Crippen LogP contribution in [0.15, 0.2) is 12.7 Å². The van der Waals surface area contributed by atoms with E-state index in [2.05, 4.69) is 27.4 Å². The van der Waals surface area contributed by atoms with Gasteiger partial charge in [0, 0.05) is 5.41 Å². The van der Waals surface area contributed by atoms with Gasteiger partial charge in [-0.1, -0.05) is 47.1 Å². The predicted molar refractivity (Wildman–Crippen MR) is 99.3 cm³/mol. The van der Waals surface area contributed by atoms with Gasteiger partial charge < -0.3 is 5.11 Å². The van der Waals surface area contributed by atoms with E-state index >= 15 is 0 Å². The number of nitrogens with zero attached hydrogens (tertiary/aromatic N) is 1. The summed E-state index contributed by atoms with van der Waals surface area (Å²) >= 11 is 0. The van der Waals surface area contributed by atoms with Crippen LogP contribution in [0.4, 0.5) is 0 Å². The Morgan fingerprint density at radius 3 is 2.52 bits per heavy atom. The molecular formula is C19H33NO4S. The Bertz CT molecular complexity index is 642. The molecule has 0 bridgehead atoms. The highest BCUT2D eigenvalue weighted by Gasteiger charge is 2.67. The van der Waals surface area contributed by atoms with Crippen molar-refractivity contribution >= 4 is 15.9 Å². The van der Waals surface area contributed by atoms with Gasteiger partial charge in [0.15, 0.2) is 0 Å². The van der Waals surface area contributed by atoms with Crippen LogP contribution >= 0.6 is 0 Å². The van der Waals surface area contributed by atoms with Crippen LogP contribution in [0.1, 0.15) is 60.3 Å². The van der Waals surface area contributed by atoms with Gasteiger partial charge in [0.05, 0.1) is 23.8 Å². The lowest BCUT2D eigenvalue weighted by Gasteiger charge is -2.40. The van der Waals surface area contributed by atoms with Crippen LogP contribution < -0.4 is 0 Å². The van der Waals surface area contributed by atoms with Crippen molar-refractivity contribution in [1.82, 2.24) is 4.31 Å². The summed E-state index contributed by atoms with van der Waals surface area (Å²) in [7, 11) is -3.65. The lowest BCUT2D eigenvalue weighted by Crippen LogP contribution is -2.47. The highest BCUT2D eigenvalue weighted by molar-refractivity contribution is 7.90. The predicted octanol–water partition coefficient (Wildman–Crippen LogP) is 2.95. The van der Waals surface area contributed by atoms with Crippen LogP contribution in [0.25, 0.3) is 0 Å². The van der Waals surface area contributed by atoms with E-state index in [1.165, 1.54) is 0 Å². The number of hydrogen-bond acceptors (Lipinski definition) is 4. The lowest BCUT2D eigenvalue weighted by molar-refractivity contribution is -0.136. The first-order valence-electron chi connectivity index (χ1n) is 9.29. The number of amides is 1. The fraction of sp³-hybridized carbons (Fsp3) is 0.842. The number of allylic oxidation sites excluding steroid dienone is 1. The number of aliphatic hydroxyl groups is 1. The molecule has 25 heavy (non-hydrogen) atoms. The molecule has 144 valence electrons. The van der Waals surface area contributed by atoms with Crippen molar-refractivity contribution in [3.05, 3.63) is 12.7 Å². The summed E-state index contributed by atoms with van der Waals surface area (Å²) in [6, 6.07) is -0.306. The molecule has 1 N–H and O–H groups in total. The highest BCUT2D eigenvalue weighted by atomic mass is 32.2. The number of carbonyl (C=O) groups excluding carboxylic acids is 1. The molecule has 0 aromatic carbocycles. The monoisotopic (exact) mass is 371 g/mol. The number of aliphatic hydroxyl groups excluding tert-OH is 1. The van der Waals surface area contributed by atoms with Crippen LogP contribution in [0, 0.1) is 22.7 Å². The molecule has 2 rings (SSSR count). The molecule has 1 heterocycles. The number of hydrogen-bond donors (Lipinski definition) is 1. The van der Waals surface area contributed by atoms with E-state index in [9.17, 15) is 18.3 Å². The Morgan fingerprint density at radius 1 is 1.40 bits per heavy atom. The van der Waals surface area contributed by atoms with Crippen LogP contribution in [0.5, 0.6) is 0 Å². The topological polar surface area (TPSA) is 74.7 Å². The number of fused-ring (bicyclic) bond motifs is 1.